The predicted octanol–water partition coefficient (Wildman–Crippen LogP) is 4.97. The lowest BCUT2D eigenvalue weighted by Gasteiger charge is -2.07. The van der Waals surface area contributed by atoms with Crippen LogP contribution in [-0.4, -0.2) is 15.2 Å². The summed E-state index contributed by atoms with van der Waals surface area (Å²) in [5, 5.41) is 8.11. The largest absolute Gasteiger partial charge is 0.259 e. The Bertz CT molecular complexity index is 782. The molecule has 0 aliphatic rings. The molecule has 3 aromatic rings. The van der Waals surface area contributed by atoms with Crippen LogP contribution in [0.5, 0.6) is 0 Å². The first-order valence-corrected chi connectivity index (χ1v) is 8.16. The van der Waals surface area contributed by atoms with E-state index in [1.807, 2.05) is 30.4 Å². The fourth-order valence-corrected chi connectivity index (χ4v) is 2.94. The molecule has 0 bridgehead atoms. The van der Waals surface area contributed by atoms with E-state index < -0.39 is 0 Å². The highest BCUT2D eigenvalue weighted by molar-refractivity contribution is 7.99. The van der Waals surface area contributed by atoms with Crippen molar-refractivity contribution in [3.63, 3.8) is 0 Å². The van der Waals surface area contributed by atoms with Gasteiger partial charge >= 0.3 is 0 Å². The smallest absolute Gasteiger partial charge is 0.209 e. The molecule has 0 aliphatic carbocycles. The van der Waals surface area contributed by atoms with Crippen LogP contribution >= 0.6 is 11.8 Å². The molecule has 3 nitrogen and oxygen atoms in total. The molecule has 0 spiro atoms. The molecule has 23 heavy (non-hydrogen) atoms. The number of thioether (sulfide) groups is 1. The van der Waals surface area contributed by atoms with Crippen molar-refractivity contribution >= 4 is 23.9 Å². The molecule has 0 saturated heterocycles. The highest BCUT2D eigenvalue weighted by Gasteiger charge is 2.10. The average Bonchev–Trinajstić information content (AvgIpc) is 3.02. The maximum absolute atomic E-state index is 12.9. The summed E-state index contributed by atoms with van der Waals surface area (Å²) in [4.78, 5) is 4.44. The Labute approximate surface area is 138 Å². The van der Waals surface area contributed by atoms with Gasteiger partial charge in [-0.3, -0.25) is 5.10 Å². The van der Waals surface area contributed by atoms with Gasteiger partial charge in [0.25, 0.3) is 0 Å². The number of halogens is 1. The third kappa shape index (κ3) is 4.29. The van der Waals surface area contributed by atoms with E-state index in [1.54, 1.807) is 23.9 Å². The summed E-state index contributed by atoms with van der Waals surface area (Å²) >= 11 is 1.60. The molecule has 2 aromatic carbocycles. The number of nitrogens with zero attached hydrogens (tertiary/aromatic N) is 2. The van der Waals surface area contributed by atoms with E-state index in [1.165, 1.54) is 17.7 Å². The van der Waals surface area contributed by atoms with E-state index in [0.717, 1.165) is 5.56 Å². The lowest BCUT2D eigenvalue weighted by molar-refractivity contribution is 0.628. The summed E-state index contributed by atoms with van der Waals surface area (Å²) in [7, 11) is 0. The van der Waals surface area contributed by atoms with Gasteiger partial charge in [-0.2, -0.15) is 0 Å². The fourth-order valence-electron chi connectivity index (χ4n) is 2.08. The van der Waals surface area contributed by atoms with Gasteiger partial charge in [-0.25, -0.2) is 9.37 Å². The van der Waals surface area contributed by atoms with E-state index in [-0.39, 0.29) is 11.1 Å². The van der Waals surface area contributed by atoms with Crippen molar-refractivity contribution in [1.82, 2.24) is 15.2 Å². The Morgan fingerprint density at radius 1 is 1.04 bits per heavy atom. The Hall–Kier alpha value is -2.40. The normalized spacial score (nSPS) is 12.6. The SMILES string of the molecule is CC(Sc1n[nH]c(/C=C/c2ccc(F)cc2)n1)c1ccccc1. The Morgan fingerprint density at radius 2 is 1.78 bits per heavy atom. The van der Waals surface area contributed by atoms with E-state index in [2.05, 4.69) is 34.2 Å². The summed E-state index contributed by atoms with van der Waals surface area (Å²) in [6.07, 6.45) is 3.70. The highest BCUT2D eigenvalue weighted by Crippen LogP contribution is 2.32. The van der Waals surface area contributed by atoms with Gasteiger partial charge in [0, 0.05) is 5.25 Å². The maximum atomic E-state index is 12.9. The number of rotatable bonds is 5. The molecule has 116 valence electrons. The zero-order valence-electron chi connectivity index (χ0n) is 12.6. The van der Waals surface area contributed by atoms with Gasteiger partial charge < -0.3 is 0 Å². The van der Waals surface area contributed by atoms with Gasteiger partial charge in [0.05, 0.1) is 0 Å². The van der Waals surface area contributed by atoms with Crippen molar-refractivity contribution < 1.29 is 4.39 Å². The molecule has 0 aliphatic heterocycles. The van der Waals surface area contributed by atoms with Crippen molar-refractivity contribution in [1.29, 1.82) is 0 Å². The first kappa shape index (κ1) is 15.5. The second-order valence-corrected chi connectivity index (χ2v) is 6.37. The van der Waals surface area contributed by atoms with Crippen LogP contribution < -0.4 is 0 Å². The minimum absolute atomic E-state index is 0.240. The lowest BCUT2D eigenvalue weighted by Crippen LogP contribution is -1.88. The van der Waals surface area contributed by atoms with Crippen LogP contribution in [0, 0.1) is 5.82 Å². The van der Waals surface area contributed by atoms with Crippen LogP contribution in [0.3, 0.4) is 0 Å². The molecule has 3 rings (SSSR count). The number of nitrogens with one attached hydrogen (secondary N) is 1. The first-order valence-electron chi connectivity index (χ1n) is 7.28. The third-order valence-electron chi connectivity index (χ3n) is 3.34. The quantitative estimate of drug-likeness (QED) is 0.674. The maximum Gasteiger partial charge on any atom is 0.209 e. The third-order valence-corrected chi connectivity index (χ3v) is 4.36. The van der Waals surface area contributed by atoms with Crippen LogP contribution in [-0.2, 0) is 0 Å². The Morgan fingerprint density at radius 3 is 2.52 bits per heavy atom. The molecule has 0 fully saturated rings. The Balaban J connectivity index is 1.65. The van der Waals surface area contributed by atoms with E-state index in [9.17, 15) is 4.39 Å². The first-order chi connectivity index (χ1) is 11.2. The zero-order valence-corrected chi connectivity index (χ0v) is 13.4. The van der Waals surface area contributed by atoms with Crippen molar-refractivity contribution in [2.45, 2.75) is 17.3 Å². The molecule has 0 saturated carbocycles. The van der Waals surface area contributed by atoms with Gasteiger partial charge in [0.15, 0.2) is 0 Å². The summed E-state index contributed by atoms with van der Waals surface area (Å²) in [6.45, 7) is 2.13. The molecule has 0 amide bonds. The zero-order chi connectivity index (χ0) is 16.1. The minimum Gasteiger partial charge on any atom is -0.259 e. The number of hydrogen-bond acceptors (Lipinski definition) is 3. The van der Waals surface area contributed by atoms with Gasteiger partial charge in [-0.05, 0) is 36.3 Å². The monoisotopic (exact) mass is 325 g/mol. The number of benzene rings is 2. The number of hydrogen-bond donors (Lipinski definition) is 1. The number of aromatic amines is 1. The summed E-state index contributed by atoms with van der Waals surface area (Å²) in [5.74, 6) is 0.437. The summed E-state index contributed by atoms with van der Waals surface area (Å²) < 4.78 is 12.9. The van der Waals surface area contributed by atoms with E-state index in [4.69, 9.17) is 0 Å². The molecule has 1 heterocycles. The second kappa shape index (κ2) is 7.24. The molecule has 1 N–H and O–H groups in total. The van der Waals surface area contributed by atoms with Crippen molar-refractivity contribution in [3.05, 3.63) is 77.4 Å². The van der Waals surface area contributed by atoms with Gasteiger partial charge in [0.2, 0.25) is 5.16 Å². The van der Waals surface area contributed by atoms with Gasteiger partial charge in [-0.1, -0.05) is 60.3 Å². The predicted molar refractivity (Wildman–Crippen MR) is 92.4 cm³/mol. The van der Waals surface area contributed by atoms with Crippen LogP contribution in [0.1, 0.15) is 29.1 Å². The lowest BCUT2D eigenvalue weighted by atomic mass is 10.2. The van der Waals surface area contributed by atoms with Crippen LogP contribution in [0.25, 0.3) is 12.2 Å². The highest BCUT2D eigenvalue weighted by atomic mass is 32.2. The van der Waals surface area contributed by atoms with Crippen LogP contribution in [0.4, 0.5) is 4.39 Å². The molecule has 1 unspecified atom stereocenters. The number of H-pyrrole nitrogens is 1. The molecular formula is C18H16FN3S. The molecule has 1 aromatic heterocycles. The van der Waals surface area contributed by atoms with Crippen molar-refractivity contribution in [2.75, 3.05) is 0 Å². The molecule has 5 heteroatoms. The van der Waals surface area contributed by atoms with Crippen LogP contribution in [0.2, 0.25) is 0 Å². The Kier molecular flexibility index (Phi) is 4.88. The van der Waals surface area contributed by atoms with E-state index in [0.29, 0.717) is 11.0 Å². The topological polar surface area (TPSA) is 41.6 Å². The van der Waals surface area contributed by atoms with Gasteiger partial charge in [0.1, 0.15) is 11.6 Å². The van der Waals surface area contributed by atoms with Crippen LogP contribution in [0.15, 0.2) is 59.8 Å². The molecule has 1 atom stereocenters. The van der Waals surface area contributed by atoms with Gasteiger partial charge in [-0.15, -0.1) is 5.10 Å². The molecular weight excluding hydrogens is 309 g/mol. The standard InChI is InChI=1S/C18H16FN3S/c1-13(15-5-3-2-4-6-15)23-18-20-17(21-22-18)12-9-14-7-10-16(19)11-8-14/h2-13H,1H3,(H,20,21,22)/b12-9+. The number of aromatic nitrogens is 3. The minimum atomic E-state index is -0.240. The second-order valence-electron chi connectivity index (χ2n) is 5.06. The molecule has 0 radical (unpaired) electrons. The van der Waals surface area contributed by atoms with Crippen molar-refractivity contribution in [2.24, 2.45) is 0 Å². The fraction of sp³-hybridized carbons (Fsp3) is 0.111. The summed E-state index contributed by atoms with van der Waals surface area (Å²) in [5.41, 5.74) is 2.15. The average molecular weight is 325 g/mol. The van der Waals surface area contributed by atoms with Crippen molar-refractivity contribution in [3.8, 4) is 0 Å². The van der Waals surface area contributed by atoms with E-state index >= 15 is 0 Å². The summed E-state index contributed by atoms with van der Waals surface area (Å²) in [6, 6.07) is 16.6.